The molecule has 1 amide bonds. The van der Waals surface area contributed by atoms with E-state index in [2.05, 4.69) is 5.32 Å². The molecule has 0 aliphatic rings. The van der Waals surface area contributed by atoms with Crippen molar-refractivity contribution in [3.05, 3.63) is 59.7 Å². The van der Waals surface area contributed by atoms with Gasteiger partial charge in [0.05, 0.1) is 19.1 Å². The van der Waals surface area contributed by atoms with E-state index < -0.39 is 16.1 Å². The molecule has 7 heteroatoms. The summed E-state index contributed by atoms with van der Waals surface area (Å²) >= 11 is 0. The Balaban J connectivity index is 1.99. The molecule has 2 aromatic carbocycles. The number of hydrogen-bond acceptors (Lipinski definition) is 4. The van der Waals surface area contributed by atoms with Crippen LogP contribution in [0.5, 0.6) is 5.75 Å². The fourth-order valence-corrected chi connectivity index (χ4v) is 4.41. The molecule has 0 aromatic heterocycles. The Bertz CT molecular complexity index is 911. The molecular weight excluding hydrogens is 388 g/mol. The molecule has 1 N–H and O–H groups in total. The zero-order chi connectivity index (χ0) is 21.4. The van der Waals surface area contributed by atoms with Gasteiger partial charge in [0, 0.05) is 6.54 Å². The normalized spacial score (nSPS) is 12.3. The van der Waals surface area contributed by atoms with Crippen molar-refractivity contribution in [1.82, 2.24) is 5.32 Å². The molecule has 0 aliphatic carbocycles. The number of nitrogens with zero attached hydrogens (tertiary/aromatic N) is 1. The average Bonchev–Trinajstić information content (AvgIpc) is 2.70. The van der Waals surface area contributed by atoms with Crippen molar-refractivity contribution >= 4 is 21.6 Å². The van der Waals surface area contributed by atoms with Crippen molar-refractivity contribution in [3.63, 3.8) is 0 Å². The second-order valence-electron chi connectivity index (χ2n) is 6.96. The van der Waals surface area contributed by atoms with Crippen molar-refractivity contribution in [2.45, 2.75) is 39.2 Å². The molecule has 0 radical (unpaired) electrons. The molecule has 29 heavy (non-hydrogen) atoms. The number of anilines is 1. The number of para-hydroxylation sites is 1. The van der Waals surface area contributed by atoms with Crippen LogP contribution in [0, 0.1) is 0 Å². The first-order valence-corrected chi connectivity index (χ1v) is 11.6. The standard InChI is InChI=1S/C22H30N2O4S/c1-5-18-12-14-20(15-13-18)24(29(4,26)27)17(2)22(25)23-16-8-10-19-9-6-7-11-21(19)28-3/h6-7,9,11-15,17H,5,8,10,16H2,1-4H3,(H,23,25)/t17-/m1/s1. The zero-order valence-electron chi connectivity index (χ0n) is 17.5. The van der Waals surface area contributed by atoms with E-state index in [9.17, 15) is 13.2 Å². The van der Waals surface area contributed by atoms with E-state index in [-0.39, 0.29) is 5.91 Å². The zero-order valence-corrected chi connectivity index (χ0v) is 18.3. The van der Waals surface area contributed by atoms with Gasteiger partial charge >= 0.3 is 0 Å². The van der Waals surface area contributed by atoms with Crippen LogP contribution in [0.4, 0.5) is 5.69 Å². The molecule has 0 saturated heterocycles. The number of methoxy groups -OCH3 is 1. The Kier molecular flexibility index (Phi) is 8.08. The first kappa shape index (κ1) is 22.7. The number of nitrogens with one attached hydrogen (secondary N) is 1. The van der Waals surface area contributed by atoms with Crippen LogP contribution < -0.4 is 14.4 Å². The summed E-state index contributed by atoms with van der Waals surface area (Å²) in [6.45, 7) is 4.09. The molecule has 1 atom stereocenters. The summed E-state index contributed by atoms with van der Waals surface area (Å²) in [4.78, 5) is 12.6. The fourth-order valence-electron chi connectivity index (χ4n) is 3.24. The number of carbonyl (C=O) groups excluding carboxylic acids is 1. The van der Waals surface area contributed by atoms with Crippen LogP contribution in [0.15, 0.2) is 48.5 Å². The lowest BCUT2D eigenvalue weighted by Crippen LogP contribution is -2.48. The first-order valence-electron chi connectivity index (χ1n) is 9.75. The highest BCUT2D eigenvalue weighted by Gasteiger charge is 2.28. The van der Waals surface area contributed by atoms with Gasteiger partial charge in [0.1, 0.15) is 11.8 Å². The van der Waals surface area contributed by atoms with Gasteiger partial charge < -0.3 is 10.1 Å². The smallest absolute Gasteiger partial charge is 0.243 e. The van der Waals surface area contributed by atoms with Gasteiger partial charge in [0.2, 0.25) is 15.9 Å². The van der Waals surface area contributed by atoms with Crippen LogP contribution in [-0.2, 0) is 27.7 Å². The van der Waals surface area contributed by atoms with Crippen LogP contribution in [0.1, 0.15) is 31.4 Å². The Morgan fingerprint density at radius 1 is 1.14 bits per heavy atom. The largest absolute Gasteiger partial charge is 0.496 e. The van der Waals surface area contributed by atoms with E-state index in [0.29, 0.717) is 12.2 Å². The number of ether oxygens (including phenoxy) is 1. The summed E-state index contributed by atoms with van der Waals surface area (Å²) in [6.07, 6.45) is 3.46. The molecule has 0 fully saturated rings. The Morgan fingerprint density at radius 3 is 2.38 bits per heavy atom. The summed E-state index contributed by atoms with van der Waals surface area (Å²) in [5.74, 6) is 0.501. The Morgan fingerprint density at radius 2 is 1.79 bits per heavy atom. The van der Waals surface area contributed by atoms with Crippen molar-refractivity contribution in [2.75, 3.05) is 24.2 Å². The minimum absolute atomic E-state index is 0.324. The van der Waals surface area contributed by atoms with E-state index in [0.717, 1.165) is 42.4 Å². The number of sulfonamides is 1. The number of benzene rings is 2. The fraction of sp³-hybridized carbons (Fsp3) is 0.409. The summed E-state index contributed by atoms with van der Waals surface area (Å²) in [5, 5.41) is 2.85. The number of rotatable bonds is 10. The molecule has 6 nitrogen and oxygen atoms in total. The van der Waals surface area contributed by atoms with Crippen LogP contribution in [0.2, 0.25) is 0 Å². The highest BCUT2D eigenvalue weighted by atomic mass is 32.2. The topological polar surface area (TPSA) is 75.7 Å². The molecular formula is C22H30N2O4S. The van der Waals surface area contributed by atoms with Gasteiger partial charge in [0.15, 0.2) is 0 Å². The van der Waals surface area contributed by atoms with E-state index in [1.807, 2.05) is 43.3 Å². The van der Waals surface area contributed by atoms with Gasteiger partial charge in [-0.1, -0.05) is 37.3 Å². The van der Waals surface area contributed by atoms with E-state index in [1.54, 1.807) is 26.2 Å². The van der Waals surface area contributed by atoms with Gasteiger partial charge in [-0.2, -0.15) is 0 Å². The number of hydrogen-bond donors (Lipinski definition) is 1. The number of amides is 1. The Labute approximate surface area is 173 Å². The van der Waals surface area contributed by atoms with Crippen molar-refractivity contribution in [2.24, 2.45) is 0 Å². The predicted octanol–water partition coefficient (Wildman–Crippen LogP) is 3.16. The minimum atomic E-state index is -3.61. The number of aryl methyl sites for hydroxylation is 2. The third kappa shape index (κ3) is 6.22. The van der Waals surface area contributed by atoms with Crippen molar-refractivity contribution in [3.8, 4) is 5.75 Å². The number of carbonyl (C=O) groups is 1. The molecule has 0 bridgehead atoms. The molecule has 0 unspecified atom stereocenters. The maximum atomic E-state index is 12.6. The predicted molar refractivity (Wildman–Crippen MR) is 117 cm³/mol. The highest BCUT2D eigenvalue weighted by Crippen LogP contribution is 2.22. The maximum absolute atomic E-state index is 12.6. The van der Waals surface area contributed by atoms with Gasteiger partial charge in [0.25, 0.3) is 0 Å². The molecule has 158 valence electrons. The third-order valence-electron chi connectivity index (χ3n) is 4.80. The van der Waals surface area contributed by atoms with Gasteiger partial charge in [-0.05, 0) is 55.5 Å². The van der Waals surface area contributed by atoms with E-state index >= 15 is 0 Å². The monoisotopic (exact) mass is 418 g/mol. The highest BCUT2D eigenvalue weighted by molar-refractivity contribution is 7.92. The van der Waals surface area contributed by atoms with E-state index in [4.69, 9.17) is 4.74 Å². The van der Waals surface area contributed by atoms with Crippen LogP contribution in [0.25, 0.3) is 0 Å². The lowest BCUT2D eigenvalue weighted by molar-refractivity contribution is -0.121. The molecule has 2 aromatic rings. The summed E-state index contributed by atoms with van der Waals surface area (Å²) in [5.41, 5.74) is 2.67. The summed E-state index contributed by atoms with van der Waals surface area (Å²) in [7, 11) is -1.97. The van der Waals surface area contributed by atoms with Gasteiger partial charge in [-0.15, -0.1) is 0 Å². The second-order valence-corrected chi connectivity index (χ2v) is 8.82. The lowest BCUT2D eigenvalue weighted by atomic mass is 10.1. The molecule has 2 rings (SSSR count). The van der Waals surface area contributed by atoms with Gasteiger partial charge in [-0.3, -0.25) is 9.10 Å². The average molecular weight is 419 g/mol. The van der Waals surface area contributed by atoms with Crippen LogP contribution in [0.3, 0.4) is 0 Å². The SMILES string of the molecule is CCc1ccc(N([C@H](C)C(=O)NCCCc2ccccc2OC)S(C)(=O)=O)cc1. The molecule has 0 saturated carbocycles. The lowest BCUT2D eigenvalue weighted by Gasteiger charge is -2.28. The first-order chi connectivity index (χ1) is 13.8. The van der Waals surface area contributed by atoms with Crippen molar-refractivity contribution in [1.29, 1.82) is 0 Å². The summed E-state index contributed by atoms with van der Waals surface area (Å²) in [6, 6.07) is 14.2. The van der Waals surface area contributed by atoms with Crippen LogP contribution in [-0.4, -0.2) is 40.3 Å². The third-order valence-corrected chi connectivity index (χ3v) is 6.04. The quantitative estimate of drug-likeness (QED) is 0.602. The molecule has 0 spiro atoms. The summed E-state index contributed by atoms with van der Waals surface area (Å²) < 4.78 is 31.2. The van der Waals surface area contributed by atoms with Gasteiger partial charge in [-0.25, -0.2) is 8.42 Å². The Hall–Kier alpha value is -2.54. The molecule has 0 aliphatic heterocycles. The van der Waals surface area contributed by atoms with Crippen molar-refractivity contribution < 1.29 is 17.9 Å². The second kappa shape index (κ2) is 10.3. The molecule has 0 heterocycles. The maximum Gasteiger partial charge on any atom is 0.243 e. The van der Waals surface area contributed by atoms with E-state index in [1.165, 1.54) is 4.31 Å². The minimum Gasteiger partial charge on any atom is -0.496 e. The van der Waals surface area contributed by atoms with Crippen LogP contribution >= 0.6 is 0 Å².